The van der Waals surface area contributed by atoms with Gasteiger partial charge < -0.3 is 20.9 Å². The fraction of sp³-hybridized carbons (Fsp3) is 0.455. The average molecular weight is 555 g/mol. The number of anilines is 5. The minimum absolute atomic E-state index is 0.00833. The summed E-state index contributed by atoms with van der Waals surface area (Å²) in [6.45, 7) is -2.36. The summed E-state index contributed by atoms with van der Waals surface area (Å²) in [6.07, 6.45) is 2.48. The second-order valence-electron chi connectivity index (χ2n) is 8.91. The Morgan fingerprint density at radius 3 is 2.46 bits per heavy atom. The minimum atomic E-state index is -3.77. The van der Waals surface area contributed by atoms with E-state index in [1.807, 2.05) is 10.2 Å². The van der Waals surface area contributed by atoms with Gasteiger partial charge in [0.15, 0.2) is 21.3 Å². The summed E-state index contributed by atoms with van der Waals surface area (Å²) in [5.41, 5.74) is 0.505. The topological polar surface area (TPSA) is 171 Å². The van der Waals surface area contributed by atoms with Gasteiger partial charge in [-0.05, 0) is 31.0 Å². The monoisotopic (exact) mass is 554 g/mol. The van der Waals surface area contributed by atoms with Gasteiger partial charge in [0.05, 0.1) is 34.8 Å². The van der Waals surface area contributed by atoms with Gasteiger partial charge in [-0.2, -0.15) is 0 Å². The molecule has 1 aliphatic carbocycles. The Morgan fingerprint density at radius 1 is 1.14 bits per heavy atom. The van der Waals surface area contributed by atoms with Gasteiger partial charge in [0.25, 0.3) is 5.91 Å². The maximum Gasteiger partial charge on any atom is 0.273 e. The number of benzene rings is 1. The van der Waals surface area contributed by atoms with Crippen molar-refractivity contribution in [2.24, 2.45) is 5.92 Å². The molecular weight excluding hydrogens is 522 g/mol. The smallest absolute Gasteiger partial charge is 0.273 e. The summed E-state index contributed by atoms with van der Waals surface area (Å²) in [6, 6.07) is 6.07. The van der Waals surface area contributed by atoms with E-state index in [1.165, 1.54) is 13.1 Å². The predicted molar refractivity (Wildman–Crippen MR) is 141 cm³/mol. The van der Waals surface area contributed by atoms with Crippen LogP contribution in [-0.4, -0.2) is 83.7 Å². The van der Waals surface area contributed by atoms with Crippen molar-refractivity contribution in [3.05, 3.63) is 30.0 Å². The standard InChI is InChI=1S/C22H29N7O6S2/c1-23-22(31)20-17(13-19(26-27-20)25-21(30)14-4-5-14)24-16-7-6-15(12-18(16)28(2)36(3,32)33)29-8-10-37(34,35)11-9-29/h6-7,12-14H,4-5,8-11H2,1-3H3,(H,23,31)(H2,24,25,26,30)/i1D3. The molecule has 2 amide bonds. The van der Waals surface area contributed by atoms with Crippen molar-refractivity contribution >= 4 is 60.2 Å². The molecule has 2 fully saturated rings. The summed E-state index contributed by atoms with van der Waals surface area (Å²) in [4.78, 5) is 26.8. The molecule has 4 rings (SSSR count). The Bertz CT molecular complexity index is 1530. The lowest BCUT2D eigenvalue weighted by molar-refractivity contribution is -0.117. The molecule has 13 nitrogen and oxygen atoms in total. The van der Waals surface area contributed by atoms with E-state index in [9.17, 15) is 26.4 Å². The van der Waals surface area contributed by atoms with Crippen molar-refractivity contribution in [2.75, 3.05) is 64.7 Å². The second kappa shape index (κ2) is 10.1. The lowest BCUT2D eigenvalue weighted by Gasteiger charge is -2.30. The fourth-order valence-corrected chi connectivity index (χ4v) is 5.44. The van der Waals surface area contributed by atoms with Gasteiger partial charge in [-0.25, -0.2) is 16.8 Å². The van der Waals surface area contributed by atoms with E-state index in [2.05, 4.69) is 20.8 Å². The maximum atomic E-state index is 12.8. The molecule has 1 aromatic heterocycles. The molecule has 1 saturated heterocycles. The quantitative estimate of drug-likeness (QED) is 0.419. The van der Waals surface area contributed by atoms with Crippen LogP contribution in [0.1, 0.15) is 27.4 Å². The van der Waals surface area contributed by atoms with Crippen LogP contribution >= 0.6 is 0 Å². The van der Waals surface area contributed by atoms with Gasteiger partial charge in [0.1, 0.15) is 0 Å². The molecule has 0 radical (unpaired) electrons. The van der Waals surface area contributed by atoms with E-state index in [-0.39, 0.29) is 59.3 Å². The number of aromatic nitrogens is 2. The first-order chi connectivity index (χ1) is 18.5. The van der Waals surface area contributed by atoms with Crippen LogP contribution in [0.5, 0.6) is 0 Å². The van der Waals surface area contributed by atoms with Gasteiger partial charge in [-0.3, -0.25) is 13.9 Å². The summed E-state index contributed by atoms with van der Waals surface area (Å²) >= 11 is 0. The highest BCUT2D eigenvalue weighted by molar-refractivity contribution is 7.92. The number of nitrogens with one attached hydrogen (secondary N) is 3. The van der Waals surface area contributed by atoms with E-state index < -0.39 is 38.4 Å². The zero-order valence-corrected chi connectivity index (χ0v) is 21.8. The lowest BCUT2D eigenvalue weighted by Crippen LogP contribution is -2.40. The van der Waals surface area contributed by atoms with Crippen molar-refractivity contribution in [3.63, 3.8) is 0 Å². The SMILES string of the molecule is [2H]C([2H])([2H])NC(=O)c1nnc(NC(=O)C2CC2)cc1Nc1ccc(N2CCS(=O)(=O)CC2)cc1N(C)S(C)(=O)=O. The number of nitrogens with zero attached hydrogens (tertiary/aromatic N) is 4. The molecule has 0 atom stereocenters. The number of hydrogen-bond acceptors (Lipinski definition) is 10. The van der Waals surface area contributed by atoms with Crippen LogP contribution in [0.3, 0.4) is 0 Å². The molecule has 1 aromatic carbocycles. The third-order valence-electron chi connectivity index (χ3n) is 6.12. The van der Waals surface area contributed by atoms with Crippen LogP contribution < -0.4 is 25.2 Å². The normalized spacial score (nSPS) is 18.6. The van der Waals surface area contributed by atoms with E-state index in [0.29, 0.717) is 5.69 Å². The van der Waals surface area contributed by atoms with E-state index in [4.69, 9.17) is 4.11 Å². The Morgan fingerprint density at radius 2 is 1.84 bits per heavy atom. The first kappa shape index (κ1) is 22.7. The van der Waals surface area contributed by atoms with Gasteiger partial charge in [-0.15, -0.1) is 10.2 Å². The highest BCUT2D eigenvalue weighted by atomic mass is 32.2. The predicted octanol–water partition coefficient (Wildman–Crippen LogP) is 0.559. The van der Waals surface area contributed by atoms with Crippen LogP contribution in [-0.2, 0) is 24.7 Å². The second-order valence-corrected chi connectivity index (χ2v) is 13.2. The molecule has 1 aliphatic heterocycles. The zero-order chi connectivity index (χ0) is 29.5. The minimum Gasteiger partial charge on any atom is -0.369 e. The van der Waals surface area contributed by atoms with Crippen LogP contribution in [0, 0.1) is 5.92 Å². The molecule has 0 unspecified atom stereocenters. The van der Waals surface area contributed by atoms with Crippen molar-refractivity contribution < 1.29 is 30.5 Å². The van der Waals surface area contributed by atoms with Gasteiger partial charge in [0.2, 0.25) is 15.9 Å². The van der Waals surface area contributed by atoms with E-state index in [0.717, 1.165) is 23.4 Å². The summed E-state index contributed by atoms with van der Waals surface area (Å²) in [5.74, 6) is -1.56. The van der Waals surface area contributed by atoms with Crippen LogP contribution in [0.15, 0.2) is 24.3 Å². The molecule has 2 aromatic rings. The summed E-state index contributed by atoms with van der Waals surface area (Å²) in [7, 11) is -5.59. The Hall–Kier alpha value is -3.46. The number of carbonyl (C=O) groups excluding carboxylic acids is 2. The highest BCUT2D eigenvalue weighted by Crippen LogP contribution is 2.35. The van der Waals surface area contributed by atoms with E-state index >= 15 is 0 Å². The number of sulfone groups is 1. The molecule has 37 heavy (non-hydrogen) atoms. The third kappa shape index (κ3) is 6.28. The van der Waals surface area contributed by atoms with Gasteiger partial charge in [0, 0.05) is 48.9 Å². The molecule has 3 N–H and O–H groups in total. The van der Waals surface area contributed by atoms with Crippen molar-refractivity contribution in [2.45, 2.75) is 12.8 Å². The molecule has 1 saturated carbocycles. The zero-order valence-electron chi connectivity index (χ0n) is 23.2. The van der Waals surface area contributed by atoms with Crippen LogP contribution in [0.2, 0.25) is 0 Å². The molecule has 200 valence electrons. The molecule has 0 spiro atoms. The Kier molecular flexibility index (Phi) is 6.22. The largest absolute Gasteiger partial charge is 0.369 e. The van der Waals surface area contributed by atoms with Crippen molar-refractivity contribution in [3.8, 4) is 0 Å². The first-order valence-electron chi connectivity index (χ1n) is 12.8. The molecule has 2 heterocycles. The Labute approximate surface area is 219 Å². The highest BCUT2D eigenvalue weighted by Gasteiger charge is 2.30. The van der Waals surface area contributed by atoms with Crippen molar-refractivity contribution in [1.29, 1.82) is 0 Å². The van der Waals surface area contributed by atoms with Crippen LogP contribution in [0.25, 0.3) is 0 Å². The summed E-state index contributed by atoms with van der Waals surface area (Å²) in [5, 5.41) is 15.1. The first-order valence-corrected chi connectivity index (χ1v) is 15.0. The molecular formula is C22H29N7O6S2. The van der Waals surface area contributed by atoms with Crippen molar-refractivity contribution in [1.82, 2.24) is 15.5 Å². The number of rotatable bonds is 8. The number of hydrogen-bond donors (Lipinski definition) is 3. The number of sulfonamides is 1. The lowest BCUT2D eigenvalue weighted by atomic mass is 10.2. The fourth-order valence-electron chi connectivity index (χ4n) is 3.73. The third-order valence-corrected chi connectivity index (χ3v) is 8.92. The van der Waals surface area contributed by atoms with Gasteiger partial charge in [-0.1, -0.05) is 0 Å². The van der Waals surface area contributed by atoms with Crippen LogP contribution in [0.4, 0.5) is 28.6 Å². The maximum absolute atomic E-state index is 12.8. The average Bonchev–Trinajstić information content (AvgIpc) is 3.68. The van der Waals surface area contributed by atoms with Gasteiger partial charge >= 0.3 is 0 Å². The molecule has 0 bridgehead atoms. The molecule has 2 aliphatic rings. The number of carbonyl (C=O) groups is 2. The van der Waals surface area contributed by atoms with E-state index in [1.54, 1.807) is 18.2 Å². The Balaban J connectivity index is 1.74. The summed E-state index contributed by atoms with van der Waals surface area (Å²) < 4.78 is 71.8. The molecule has 15 heteroatoms. The number of amides is 2.